The number of fused-ring (bicyclic) bond motifs is 1. The molecule has 2 aromatic heterocycles. The Morgan fingerprint density at radius 2 is 1.88 bits per heavy atom. The number of aromatic nitrogens is 3. The van der Waals surface area contributed by atoms with Gasteiger partial charge < -0.3 is 5.32 Å². The Bertz CT molecular complexity index is 960. The average molecular weight is 389 g/mol. The quantitative estimate of drug-likeness (QED) is 0.745. The van der Waals surface area contributed by atoms with E-state index < -0.39 is 0 Å². The van der Waals surface area contributed by atoms with E-state index in [-0.39, 0.29) is 11.6 Å². The molecule has 3 aromatic rings. The summed E-state index contributed by atoms with van der Waals surface area (Å²) < 4.78 is 4.14. The van der Waals surface area contributed by atoms with Crippen molar-refractivity contribution in [3.8, 4) is 0 Å². The van der Waals surface area contributed by atoms with Gasteiger partial charge in [0.2, 0.25) is 0 Å². The molecular formula is C17H17BrN4O2. The highest BCUT2D eigenvalue weighted by Crippen LogP contribution is 2.28. The molecule has 6 nitrogen and oxygen atoms in total. The summed E-state index contributed by atoms with van der Waals surface area (Å²) in [6.45, 7) is 5.03. The SMILES string of the molecule is CCn1c(=O)n(CC)c2cc(NC(=O)c3cccnc3)c(Br)cc21. The molecule has 3 rings (SSSR count). The minimum atomic E-state index is -0.247. The largest absolute Gasteiger partial charge is 0.329 e. The number of carbonyl (C=O) groups excluding carboxylic acids is 1. The molecule has 0 saturated heterocycles. The number of benzene rings is 1. The van der Waals surface area contributed by atoms with Gasteiger partial charge in [0, 0.05) is 30.0 Å². The lowest BCUT2D eigenvalue weighted by atomic mass is 10.2. The average Bonchev–Trinajstić information content (AvgIpc) is 2.85. The standard InChI is InChI=1S/C17H17BrN4O2/c1-3-21-14-8-12(18)13(9-15(14)22(4-2)17(21)24)20-16(23)11-6-5-7-19-10-11/h5-10H,3-4H2,1-2H3,(H,20,23). The fourth-order valence-electron chi connectivity index (χ4n) is 2.73. The van der Waals surface area contributed by atoms with E-state index in [1.807, 2.05) is 26.0 Å². The molecule has 1 amide bonds. The fourth-order valence-corrected chi connectivity index (χ4v) is 3.16. The Labute approximate surface area is 147 Å². The Morgan fingerprint density at radius 3 is 2.46 bits per heavy atom. The van der Waals surface area contributed by atoms with Crippen LogP contribution < -0.4 is 11.0 Å². The van der Waals surface area contributed by atoms with Crippen LogP contribution in [0.25, 0.3) is 11.0 Å². The maximum absolute atomic E-state index is 12.4. The fraction of sp³-hybridized carbons (Fsp3) is 0.235. The first-order valence-electron chi connectivity index (χ1n) is 7.70. The Kier molecular flexibility index (Phi) is 4.53. The van der Waals surface area contributed by atoms with Gasteiger partial charge in [0.25, 0.3) is 5.91 Å². The maximum Gasteiger partial charge on any atom is 0.329 e. The summed E-state index contributed by atoms with van der Waals surface area (Å²) in [5, 5.41) is 2.87. The molecular weight excluding hydrogens is 372 g/mol. The number of rotatable bonds is 4. The molecule has 0 saturated carbocycles. The number of carbonyl (C=O) groups is 1. The molecule has 0 fully saturated rings. The minimum Gasteiger partial charge on any atom is -0.321 e. The highest BCUT2D eigenvalue weighted by Gasteiger charge is 2.15. The molecule has 0 aliphatic heterocycles. The monoisotopic (exact) mass is 388 g/mol. The second kappa shape index (κ2) is 6.60. The molecule has 0 spiro atoms. The number of aryl methyl sites for hydroxylation is 2. The number of halogens is 1. The number of pyridine rings is 1. The van der Waals surface area contributed by atoms with Crippen molar-refractivity contribution in [2.24, 2.45) is 0 Å². The van der Waals surface area contributed by atoms with Crippen molar-refractivity contribution in [3.63, 3.8) is 0 Å². The van der Waals surface area contributed by atoms with E-state index >= 15 is 0 Å². The van der Waals surface area contributed by atoms with E-state index in [1.165, 1.54) is 6.20 Å². The predicted octanol–water partition coefficient (Wildman–Crippen LogP) is 3.25. The van der Waals surface area contributed by atoms with Gasteiger partial charge in [-0.1, -0.05) is 0 Å². The van der Waals surface area contributed by atoms with E-state index in [2.05, 4.69) is 26.2 Å². The van der Waals surface area contributed by atoms with E-state index in [0.29, 0.717) is 24.3 Å². The topological polar surface area (TPSA) is 68.9 Å². The Hall–Kier alpha value is -2.41. The number of nitrogens with zero attached hydrogens (tertiary/aromatic N) is 3. The molecule has 24 heavy (non-hydrogen) atoms. The first kappa shape index (κ1) is 16.4. The molecule has 1 N–H and O–H groups in total. The molecule has 7 heteroatoms. The summed E-state index contributed by atoms with van der Waals surface area (Å²) in [6, 6.07) is 7.10. The van der Waals surface area contributed by atoms with Crippen LogP contribution in [0.3, 0.4) is 0 Å². The van der Waals surface area contributed by atoms with Gasteiger partial charge in [0.15, 0.2) is 0 Å². The zero-order chi connectivity index (χ0) is 17.3. The highest BCUT2D eigenvalue weighted by molar-refractivity contribution is 9.10. The van der Waals surface area contributed by atoms with Crippen molar-refractivity contribution in [2.45, 2.75) is 26.9 Å². The summed E-state index contributed by atoms with van der Waals surface area (Å²) in [7, 11) is 0. The Balaban J connectivity index is 2.08. The van der Waals surface area contributed by atoms with Crippen LogP contribution in [0.2, 0.25) is 0 Å². The van der Waals surface area contributed by atoms with Crippen molar-refractivity contribution in [1.29, 1.82) is 0 Å². The van der Waals surface area contributed by atoms with Crippen molar-refractivity contribution >= 4 is 38.6 Å². The summed E-state index contributed by atoms with van der Waals surface area (Å²) in [5.74, 6) is -0.247. The lowest BCUT2D eigenvalue weighted by molar-refractivity contribution is 0.102. The van der Waals surface area contributed by atoms with Gasteiger partial charge in [-0.25, -0.2) is 4.79 Å². The van der Waals surface area contributed by atoms with Crippen molar-refractivity contribution in [3.05, 3.63) is 57.2 Å². The van der Waals surface area contributed by atoms with Crippen molar-refractivity contribution < 1.29 is 4.79 Å². The number of hydrogen-bond acceptors (Lipinski definition) is 3. The highest BCUT2D eigenvalue weighted by atomic mass is 79.9. The van der Waals surface area contributed by atoms with Crippen molar-refractivity contribution in [1.82, 2.24) is 14.1 Å². The van der Waals surface area contributed by atoms with Crippen LogP contribution in [0.1, 0.15) is 24.2 Å². The molecule has 2 heterocycles. The van der Waals surface area contributed by atoms with Gasteiger partial charge in [0.1, 0.15) is 0 Å². The number of nitrogens with one attached hydrogen (secondary N) is 1. The molecule has 0 unspecified atom stereocenters. The summed E-state index contributed by atoms with van der Waals surface area (Å²) >= 11 is 3.48. The third kappa shape index (κ3) is 2.75. The molecule has 0 aliphatic rings. The minimum absolute atomic E-state index is 0.0439. The third-order valence-electron chi connectivity index (χ3n) is 3.91. The smallest absolute Gasteiger partial charge is 0.321 e. The summed E-state index contributed by atoms with van der Waals surface area (Å²) in [6.07, 6.45) is 3.13. The van der Waals surface area contributed by atoms with E-state index in [9.17, 15) is 9.59 Å². The summed E-state index contributed by atoms with van der Waals surface area (Å²) in [4.78, 5) is 28.7. The maximum atomic E-state index is 12.4. The normalized spacial score (nSPS) is 11.0. The molecule has 0 bridgehead atoms. The van der Waals surface area contributed by atoms with E-state index in [4.69, 9.17) is 0 Å². The second-order valence-corrected chi connectivity index (χ2v) is 6.14. The van der Waals surface area contributed by atoms with Gasteiger partial charge in [-0.2, -0.15) is 0 Å². The molecule has 0 aliphatic carbocycles. The number of amides is 1. The van der Waals surface area contributed by atoms with Crippen LogP contribution in [-0.2, 0) is 13.1 Å². The lowest BCUT2D eigenvalue weighted by Crippen LogP contribution is -2.23. The lowest BCUT2D eigenvalue weighted by Gasteiger charge is -2.09. The molecule has 124 valence electrons. The van der Waals surface area contributed by atoms with Crippen LogP contribution in [-0.4, -0.2) is 20.0 Å². The molecule has 0 radical (unpaired) electrons. The molecule has 0 atom stereocenters. The summed E-state index contributed by atoms with van der Waals surface area (Å²) in [5.41, 5.74) is 2.69. The van der Waals surface area contributed by atoms with Gasteiger partial charge in [-0.15, -0.1) is 0 Å². The number of hydrogen-bond donors (Lipinski definition) is 1. The van der Waals surface area contributed by atoms with Crippen LogP contribution >= 0.6 is 15.9 Å². The third-order valence-corrected chi connectivity index (χ3v) is 4.57. The second-order valence-electron chi connectivity index (χ2n) is 5.29. The zero-order valence-corrected chi connectivity index (χ0v) is 15.0. The first-order chi connectivity index (χ1) is 11.6. The van der Waals surface area contributed by atoms with Gasteiger partial charge in [-0.05, 0) is 54.0 Å². The number of imidazole rings is 1. The van der Waals surface area contributed by atoms with Crippen LogP contribution in [0.4, 0.5) is 5.69 Å². The van der Waals surface area contributed by atoms with Gasteiger partial charge >= 0.3 is 5.69 Å². The van der Waals surface area contributed by atoms with E-state index in [0.717, 1.165) is 15.5 Å². The van der Waals surface area contributed by atoms with Crippen LogP contribution in [0.15, 0.2) is 45.9 Å². The van der Waals surface area contributed by atoms with Crippen molar-refractivity contribution in [2.75, 3.05) is 5.32 Å². The first-order valence-corrected chi connectivity index (χ1v) is 8.50. The van der Waals surface area contributed by atoms with Gasteiger partial charge in [-0.3, -0.25) is 18.9 Å². The zero-order valence-electron chi connectivity index (χ0n) is 13.4. The Morgan fingerprint density at radius 1 is 1.21 bits per heavy atom. The van der Waals surface area contributed by atoms with E-state index in [1.54, 1.807) is 27.5 Å². The van der Waals surface area contributed by atoms with Crippen LogP contribution in [0.5, 0.6) is 0 Å². The number of anilines is 1. The molecule has 1 aromatic carbocycles. The van der Waals surface area contributed by atoms with Gasteiger partial charge in [0.05, 0.1) is 22.3 Å². The predicted molar refractivity (Wildman–Crippen MR) is 97.4 cm³/mol. The van der Waals surface area contributed by atoms with Crippen LogP contribution in [0, 0.1) is 0 Å².